The second-order valence-corrected chi connectivity index (χ2v) is 4.79. The standard InChI is InChI=1S/C6H14NO5P/c1-2-3-6(4-8,5(7)9)13(10,11)12/h8H,2-4H2,1H3,(H2,7,9)(H2,10,11,12). The summed E-state index contributed by atoms with van der Waals surface area (Å²) >= 11 is 0. The summed E-state index contributed by atoms with van der Waals surface area (Å²) in [4.78, 5) is 28.6. The highest BCUT2D eigenvalue weighted by Gasteiger charge is 2.51. The van der Waals surface area contributed by atoms with Gasteiger partial charge in [-0.15, -0.1) is 0 Å². The summed E-state index contributed by atoms with van der Waals surface area (Å²) in [6.45, 7) is 0.712. The molecule has 0 radical (unpaired) electrons. The van der Waals surface area contributed by atoms with Crippen LogP contribution in [0.4, 0.5) is 0 Å². The molecule has 0 rings (SSSR count). The Kier molecular flexibility index (Phi) is 4.06. The fourth-order valence-corrected chi connectivity index (χ4v) is 2.06. The van der Waals surface area contributed by atoms with Gasteiger partial charge >= 0.3 is 7.60 Å². The Morgan fingerprint density at radius 2 is 2.00 bits per heavy atom. The summed E-state index contributed by atoms with van der Waals surface area (Å²) < 4.78 is 10.9. The van der Waals surface area contributed by atoms with Crippen molar-refractivity contribution in [2.45, 2.75) is 24.9 Å². The lowest BCUT2D eigenvalue weighted by atomic mass is 10.0. The van der Waals surface area contributed by atoms with Gasteiger partial charge in [0, 0.05) is 0 Å². The summed E-state index contributed by atoms with van der Waals surface area (Å²) in [7, 11) is -4.70. The van der Waals surface area contributed by atoms with Gasteiger partial charge in [-0.05, 0) is 6.42 Å². The van der Waals surface area contributed by atoms with Crippen LogP contribution in [0.2, 0.25) is 0 Å². The van der Waals surface area contributed by atoms with Gasteiger partial charge in [-0.1, -0.05) is 13.3 Å². The van der Waals surface area contributed by atoms with Crippen molar-refractivity contribution in [3.05, 3.63) is 0 Å². The van der Waals surface area contributed by atoms with Crippen LogP contribution in [0, 0.1) is 0 Å². The largest absolute Gasteiger partial charge is 0.395 e. The third kappa shape index (κ3) is 2.28. The topological polar surface area (TPSA) is 121 Å². The van der Waals surface area contributed by atoms with E-state index in [0.717, 1.165) is 0 Å². The quantitative estimate of drug-likeness (QED) is 0.443. The highest BCUT2D eigenvalue weighted by Crippen LogP contribution is 2.52. The molecule has 0 spiro atoms. The van der Waals surface area contributed by atoms with Crippen molar-refractivity contribution in [3.8, 4) is 0 Å². The number of amides is 1. The molecule has 5 N–H and O–H groups in total. The zero-order valence-electron chi connectivity index (χ0n) is 7.30. The summed E-state index contributed by atoms with van der Waals surface area (Å²) in [5.41, 5.74) is 4.86. The predicted octanol–water partition coefficient (Wildman–Crippen LogP) is -0.819. The van der Waals surface area contributed by atoms with Gasteiger partial charge in [0.05, 0.1) is 6.61 Å². The molecule has 13 heavy (non-hydrogen) atoms. The minimum absolute atomic E-state index is 0.122. The normalized spacial score (nSPS) is 16.6. The Hall–Kier alpha value is -0.420. The summed E-state index contributed by atoms with van der Waals surface area (Å²) in [5.74, 6) is -1.16. The fraction of sp³-hybridized carbons (Fsp3) is 0.833. The number of aliphatic hydroxyl groups excluding tert-OH is 1. The van der Waals surface area contributed by atoms with Crippen LogP contribution in [-0.4, -0.2) is 32.6 Å². The SMILES string of the molecule is CCCC(CO)(C(N)=O)P(=O)(O)O. The molecule has 1 amide bonds. The molecule has 0 aliphatic heterocycles. The van der Waals surface area contributed by atoms with Gasteiger partial charge in [-0.25, -0.2) is 0 Å². The molecule has 0 fully saturated rings. The van der Waals surface area contributed by atoms with E-state index in [1.807, 2.05) is 0 Å². The predicted molar refractivity (Wildman–Crippen MR) is 46.0 cm³/mol. The molecular formula is C6H14NO5P. The van der Waals surface area contributed by atoms with Crippen molar-refractivity contribution in [2.75, 3.05) is 6.61 Å². The number of carbonyl (C=O) groups excluding carboxylic acids is 1. The molecule has 0 aromatic carbocycles. The van der Waals surface area contributed by atoms with E-state index in [1.54, 1.807) is 6.92 Å². The van der Waals surface area contributed by atoms with Crippen molar-refractivity contribution in [2.24, 2.45) is 5.73 Å². The van der Waals surface area contributed by atoms with E-state index >= 15 is 0 Å². The minimum Gasteiger partial charge on any atom is -0.395 e. The van der Waals surface area contributed by atoms with Crippen molar-refractivity contribution < 1.29 is 24.3 Å². The lowest BCUT2D eigenvalue weighted by molar-refractivity contribution is -0.122. The fourth-order valence-electron chi connectivity index (χ4n) is 1.08. The Balaban J connectivity index is 5.11. The van der Waals surface area contributed by atoms with E-state index < -0.39 is 25.3 Å². The highest BCUT2D eigenvalue weighted by atomic mass is 31.2. The molecule has 0 aromatic heterocycles. The average molecular weight is 211 g/mol. The molecule has 6 nitrogen and oxygen atoms in total. The molecule has 7 heteroatoms. The van der Waals surface area contributed by atoms with Crippen LogP contribution in [0.1, 0.15) is 19.8 Å². The molecule has 0 aliphatic carbocycles. The third-order valence-electron chi connectivity index (χ3n) is 1.94. The van der Waals surface area contributed by atoms with Crippen LogP contribution < -0.4 is 5.73 Å². The van der Waals surface area contributed by atoms with Crippen LogP contribution in [0.25, 0.3) is 0 Å². The molecule has 0 saturated heterocycles. The number of carbonyl (C=O) groups is 1. The van der Waals surface area contributed by atoms with Crippen LogP contribution in [0.5, 0.6) is 0 Å². The number of aliphatic hydroxyl groups is 1. The maximum Gasteiger partial charge on any atom is 0.343 e. The van der Waals surface area contributed by atoms with Crippen molar-refractivity contribution in [1.29, 1.82) is 0 Å². The minimum atomic E-state index is -4.70. The molecular weight excluding hydrogens is 197 g/mol. The van der Waals surface area contributed by atoms with Gasteiger partial charge in [0.1, 0.15) is 0 Å². The summed E-state index contributed by atoms with van der Waals surface area (Å²) in [6, 6.07) is 0. The van der Waals surface area contributed by atoms with Crippen LogP contribution in [-0.2, 0) is 9.36 Å². The maximum atomic E-state index is 10.9. The van der Waals surface area contributed by atoms with Gasteiger partial charge in [-0.3, -0.25) is 9.36 Å². The van der Waals surface area contributed by atoms with E-state index in [0.29, 0.717) is 6.42 Å². The third-order valence-corrected chi connectivity index (χ3v) is 3.64. The zero-order valence-corrected chi connectivity index (χ0v) is 8.20. The Morgan fingerprint density at radius 1 is 1.54 bits per heavy atom. The molecule has 1 atom stereocenters. The lowest BCUT2D eigenvalue weighted by Gasteiger charge is -2.28. The molecule has 0 aromatic rings. The summed E-state index contributed by atoms with van der Waals surface area (Å²) in [6.07, 6.45) is 0.234. The van der Waals surface area contributed by atoms with E-state index in [2.05, 4.69) is 0 Å². The molecule has 1 unspecified atom stereocenters. The van der Waals surface area contributed by atoms with E-state index in [1.165, 1.54) is 0 Å². The van der Waals surface area contributed by atoms with Gasteiger partial charge in [0.2, 0.25) is 5.91 Å². The van der Waals surface area contributed by atoms with Gasteiger partial charge in [-0.2, -0.15) is 0 Å². The first-order chi connectivity index (χ1) is 5.81. The second-order valence-electron chi connectivity index (χ2n) is 2.85. The second kappa shape index (κ2) is 4.19. The van der Waals surface area contributed by atoms with Crippen molar-refractivity contribution in [3.63, 3.8) is 0 Å². The Bertz CT molecular complexity index is 237. The molecule has 0 heterocycles. The lowest BCUT2D eigenvalue weighted by Crippen LogP contribution is -2.46. The van der Waals surface area contributed by atoms with Gasteiger partial charge in [0.25, 0.3) is 0 Å². The molecule has 0 bridgehead atoms. The summed E-state index contributed by atoms with van der Waals surface area (Å²) in [5, 5.41) is 6.71. The maximum absolute atomic E-state index is 10.9. The molecule has 78 valence electrons. The smallest absolute Gasteiger partial charge is 0.343 e. The van der Waals surface area contributed by atoms with Crippen LogP contribution >= 0.6 is 7.60 Å². The van der Waals surface area contributed by atoms with Gasteiger partial charge < -0.3 is 20.6 Å². The first-order valence-corrected chi connectivity index (χ1v) is 5.39. The first kappa shape index (κ1) is 12.6. The number of rotatable bonds is 5. The molecule has 0 saturated carbocycles. The zero-order chi connectivity index (χ0) is 10.7. The number of primary amides is 1. The van der Waals surface area contributed by atoms with Crippen molar-refractivity contribution in [1.82, 2.24) is 0 Å². The van der Waals surface area contributed by atoms with E-state index in [4.69, 9.17) is 20.6 Å². The number of hydrogen-bond acceptors (Lipinski definition) is 3. The van der Waals surface area contributed by atoms with E-state index in [9.17, 15) is 9.36 Å². The monoisotopic (exact) mass is 211 g/mol. The number of nitrogens with two attached hydrogens (primary N) is 1. The Morgan fingerprint density at radius 3 is 2.08 bits per heavy atom. The van der Waals surface area contributed by atoms with Crippen LogP contribution in [0.15, 0.2) is 0 Å². The Labute approximate surface area is 75.9 Å². The molecule has 0 aliphatic rings. The average Bonchev–Trinajstić information content (AvgIpc) is 1.96. The van der Waals surface area contributed by atoms with Crippen molar-refractivity contribution >= 4 is 13.5 Å². The number of hydrogen-bond donors (Lipinski definition) is 4. The van der Waals surface area contributed by atoms with Crippen LogP contribution in [0.3, 0.4) is 0 Å². The highest BCUT2D eigenvalue weighted by molar-refractivity contribution is 7.54. The van der Waals surface area contributed by atoms with Gasteiger partial charge in [0.15, 0.2) is 5.16 Å². The first-order valence-electron chi connectivity index (χ1n) is 3.78. The van der Waals surface area contributed by atoms with E-state index in [-0.39, 0.29) is 6.42 Å².